The van der Waals surface area contributed by atoms with Gasteiger partial charge in [-0.1, -0.05) is 20.8 Å². The van der Waals surface area contributed by atoms with Gasteiger partial charge in [0.25, 0.3) is 0 Å². The molecule has 336 valence electrons. The lowest BCUT2D eigenvalue weighted by Crippen LogP contribution is -2.62. The molecule has 4 aliphatic carbocycles. The van der Waals surface area contributed by atoms with Crippen LogP contribution in [0.15, 0.2) is 4.99 Å². The maximum absolute atomic E-state index is 13.4. The van der Waals surface area contributed by atoms with E-state index in [0.29, 0.717) is 52.0 Å². The molecule has 0 aromatic carbocycles. The number of amides is 1. The van der Waals surface area contributed by atoms with Crippen LogP contribution < -0.4 is 27.0 Å². The number of hydrogen-bond acceptors (Lipinski definition) is 12. The number of rotatable bonds is 8. The summed E-state index contributed by atoms with van der Waals surface area (Å²) < 4.78 is 12.1. The van der Waals surface area contributed by atoms with Crippen LogP contribution in [0.5, 0.6) is 0 Å². The molecule has 0 aromatic heterocycles. The number of carbonyl (C=O) groups is 1. The molecule has 0 bridgehead atoms. The van der Waals surface area contributed by atoms with Gasteiger partial charge in [-0.2, -0.15) is 5.26 Å². The number of fused-ring (bicyclic) bond motifs is 3. The van der Waals surface area contributed by atoms with E-state index >= 15 is 0 Å². The van der Waals surface area contributed by atoms with Crippen LogP contribution in [0, 0.1) is 58.2 Å². The molecule has 8 fully saturated rings. The first kappa shape index (κ1) is 43.9. The first-order valence-corrected chi connectivity index (χ1v) is 25.6. The molecular formula is C47H79N9O3S. The molecule has 1 spiro atoms. The van der Waals surface area contributed by atoms with E-state index in [2.05, 4.69) is 89.3 Å². The standard InChI is InChI=1S/C47H79N9O3S/c1-27-23-33(8-14-38(27)43-42-28(2)30(4)60-46(42)56-31(5)51-54-44(56)29(3)49-43)32-17-19-47(20-18-32)21-22-55(26-47)41-16-15-39(52-53-41)45(57)50-35-9-12-36(13-10-35)59-37-11-7-34(25-48)40(24-37)58-6/h27-42,44,46,51-54H,7-24,26H2,1-6H3,(H,50,57)/t27?,28?,29-,30?,31?,32?,33?,34?,35?,36?,37?,38?,39?,40?,41?,42?,44?,46?,47?/m0/s1. The van der Waals surface area contributed by atoms with Crippen LogP contribution in [0.3, 0.4) is 0 Å². The number of nitrogens with zero attached hydrogens (tertiary/aromatic N) is 4. The van der Waals surface area contributed by atoms with Crippen molar-refractivity contribution >= 4 is 23.4 Å². The van der Waals surface area contributed by atoms with Gasteiger partial charge in [-0.3, -0.25) is 19.6 Å². The van der Waals surface area contributed by atoms with E-state index in [1.807, 2.05) is 0 Å². The summed E-state index contributed by atoms with van der Waals surface area (Å²) in [5, 5.41) is 14.0. The van der Waals surface area contributed by atoms with Crippen molar-refractivity contribution in [3.63, 3.8) is 0 Å². The van der Waals surface area contributed by atoms with E-state index < -0.39 is 0 Å². The Labute approximate surface area is 365 Å². The quantitative estimate of drug-likeness (QED) is 0.189. The second-order valence-electron chi connectivity index (χ2n) is 21.5. The minimum atomic E-state index is -0.181. The third kappa shape index (κ3) is 8.87. The number of likely N-dealkylation sites (tertiary alicyclic amines) is 1. The lowest BCUT2D eigenvalue weighted by molar-refractivity contribution is -0.126. The van der Waals surface area contributed by atoms with Crippen LogP contribution in [0.25, 0.3) is 0 Å². The molecule has 9 aliphatic rings. The molecule has 60 heavy (non-hydrogen) atoms. The molecule has 4 saturated carbocycles. The van der Waals surface area contributed by atoms with E-state index in [0.717, 1.165) is 69.6 Å². The molecule has 5 aliphatic heterocycles. The number of hydrogen-bond donors (Lipinski definition) is 5. The number of ether oxygens (including phenoxy) is 2. The maximum Gasteiger partial charge on any atom is 0.238 e. The second kappa shape index (κ2) is 18.6. The normalized spacial score (nSPS) is 49.1. The predicted octanol–water partition coefficient (Wildman–Crippen LogP) is 6.29. The van der Waals surface area contributed by atoms with E-state index in [1.165, 1.54) is 64.5 Å². The zero-order chi connectivity index (χ0) is 41.7. The smallest absolute Gasteiger partial charge is 0.238 e. The summed E-state index contributed by atoms with van der Waals surface area (Å²) in [4.78, 5) is 24.4. The van der Waals surface area contributed by atoms with Gasteiger partial charge >= 0.3 is 0 Å². The summed E-state index contributed by atoms with van der Waals surface area (Å²) in [7, 11) is 1.71. The van der Waals surface area contributed by atoms with Crippen molar-refractivity contribution in [1.29, 1.82) is 5.26 Å². The molecule has 12 nitrogen and oxygen atoms in total. The van der Waals surface area contributed by atoms with E-state index in [4.69, 9.17) is 14.5 Å². The van der Waals surface area contributed by atoms with Gasteiger partial charge in [0.15, 0.2) is 0 Å². The Morgan fingerprint density at radius 1 is 0.867 bits per heavy atom. The van der Waals surface area contributed by atoms with E-state index in [9.17, 15) is 10.1 Å². The molecule has 9 rings (SSSR count). The van der Waals surface area contributed by atoms with Crippen LogP contribution in [0.2, 0.25) is 0 Å². The van der Waals surface area contributed by atoms with Crippen molar-refractivity contribution < 1.29 is 14.3 Å². The molecule has 5 heterocycles. The van der Waals surface area contributed by atoms with E-state index in [1.54, 1.807) is 12.8 Å². The highest BCUT2D eigenvalue weighted by Gasteiger charge is 2.54. The topological polar surface area (TPSA) is 138 Å². The number of thioether (sulfide) groups is 1. The Balaban J connectivity index is 0.696. The zero-order valence-electron chi connectivity index (χ0n) is 37.7. The van der Waals surface area contributed by atoms with Gasteiger partial charge in [-0.25, -0.2) is 21.7 Å². The van der Waals surface area contributed by atoms with Crippen molar-refractivity contribution in [2.45, 2.75) is 209 Å². The fraction of sp³-hybridized carbons (Fsp3) is 0.936. The highest BCUT2D eigenvalue weighted by molar-refractivity contribution is 8.00. The average Bonchev–Trinajstić information content (AvgIpc) is 3.92. The van der Waals surface area contributed by atoms with Crippen LogP contribution >= 0.6 is 11.8 Å². The number of aliphatic imine (C=N–C) groups is 1. The summed E-state index contributed by atoms with van der Waals surface area (Å²) in [6.45, 7) is 14.6. The largest absolute Gasteiger partial charge is 0.380 e. The molecular weight excluding hydrogens is 771 g/mol. The number of hydrazine groups is 2. The Morgan fingerprint density at radius 3 is 2.37 bits per heavy atom. The summed E-state index contributed by atoms with van der Waals surface area (Å²) in [6.07, 6.45) is 20.6. The molecule has 14 unspecified atom stereocenters. The zero-order valence-corrected chi connectivity index (χ0v) is 38.6. The van der Waals surface area contributed by atoms with E-state index in [-0.39, 0.29) is 54.4 Å². The summed E-state index contributed by atoms with van der Waals surface area (Å²) >= 11 is 2.20. The summed E-state index contributed by atoms with van der Waals surface area (Å²) in [6, 6.07) is 2.70. The number of nitriles is 1. The van der Waals surface area contributed by atoms with Gasteiger partial charge in [0.2, 0.25) is 5.91 Å². The van der Waals surface area contributed by atoms with Gasteiger partial charge < -0.3 is 14.8 Å². The first-order valence-electron chi connectivity index (χ1n) is 24.7. The first-order chi connectivity index (χ1) is 29.0. The number of carbonyl (C=O) groups excluding carboxylic acids is 1. The van der Waals surface area contributed by atoms with Gasteiger partial charge in [0.1, 0.15) is 6.04 Å². The van der Waals surface area contributed by atoms with Gasteiger partial charge in [-0.05, 0) is 152 Å². The summed E-state index contributed by atoms with van der Waals surface area (Å²) in [5.41, 5.74) is 16.2. The van der Waals surface area contributed by atoms with Crippen molar-refractivity contribution in [2.75, 3.05) is 20.2 Å². The highest BCUT2D eigenvalue weighted by atomic mass is 32.2. The van der Waals surface area contributed by atoms with Gasteiger partial charge in [0, 0.05) is 49.5 Å². The predicted molar refractivity (Wildman–Crippen MR) is 238 cm³/mol. The van der Waals surface area contributed by atoms with Crippen molar-refractivity contribution in [2.24, 2.45) is 51.8 Å². The third-order valence-electron chi connectivity index (χ3n) is 18.0. The van der Waals surface area contributed by atoms with Crippen LogP contribution in [0.1, 0.15) is 144 Å². The lowest BCUT2D eigenvalue weighted by atomic mass is 9.61. The minimum absolute atomic E-state index is 0.0226. The lowest BCUT2D eigenvalue weighted by Gasteiger charge is -2.45. The second-order valence-corrected chi connectivity index (χ2v) is 23.0. The molecule has 4 saturated heterocycles. The third-order valence-corrected chi connectivity index (χ3v) is 19.6. The number of methoxy groups -OCH3 is 1. The molecule has 5 N–H and O–H groups in total. The van der Waals surface area contributed by atoms with Crippen molar-refractivity contribution in [1.82, 2.24) is 36.8 Å². The highest BCUT2D eigenvalue weighted by Crippen LogP contribution is 2.54. The Kier molecular flexibility index (Phi) is 13.6. The number of nitrogens with one attached hydrogen (secondary N) is 5. The van der Waals surface area contributed by atoms with Crippen molar-refractivity contribution in [3.05, 3.63) is 0 Å². The Hall–Kier alpha value is -1.34. The minimum Gasteiger partial charge on any atom is -0.380 e. The van der Waals surface area contributed by atoms with Crippen LogP contribution in [0.4, 0.5) is 0 Å². The summed E-state index contributed by atoms with van der Waals surface area (Å²) in [5.74, 6) is 4.41. The van der Waals surface area contributed by atoms with Gasteiger partial charge in [-0.15, -0.1) is 11.8 Å². The molecule has 0 aromatic rings. The van der Waals surface area contributed by atoms with Gasteiger partial charge in [0.05, 0.1) is 60.2 Å². The molecule has 1 amide bonds. The maximum atomic E-state index is 13.4. The molecule has 15 atom stereocenters. The Bertz CT molecular complexity index is 1560. The fourth-order valence-corrected chi connectivity index (χ4v) is 15.9. The monoisotopic (exact) mass is 850 g/mol. The van der Waals surface area contributed by atoms with Crippen molar-refractivity contribution in [3.8, 4) is 6.07 Å². The van der Waals surface area contributed by atoms with Crippen LogP contribution in [-0.2, 0) is 14.3 Å². The average molecular weight is 850 g/mol. The molecule has 0 radical (unpaired) electrons. The molecule has 13 heteroatoms. The Morgan fingerprint density at radius 2 is 1.65 bits per heavy atom. The fourth-order valence-electron chi connectivity index (χ4n) is 14.1. The van der Waals surface area contributed by atoms with Crippen LogP contribution in [-0.4, -0.2) is 107 Å². The SMILES string of the molecule is COC1CC(OC2CCC(NC(=O)C3CCC(N4CCC5(CCC(C6CCC(C7=N[C@@H](C)C8NNC(C)N8C8SC(C)C(C)C78)C(C)C6)CC5)C4)NN3)CC2)CCC1C#N.